The number of carbonyl (C=O) groups excluding carboxylic acids is 5. The Bertz CT molecular complexity index is 1950. The molecule has 5 aliphatic rings. The van der Waals surface area contributed by atoms with Crippen molar-refractivity contribution >= 4 is 53.3 Å². The third-order valence-electron chi connectivity index (χ3n) is 12.5. The number of benzene rings is 2. The third kappa shape index (κ3) is 9.97. The predicted octanol–water partition coefficient (Wildman–Crippen LogP) is 5.33. The van der Waals surface area contributed by atoms with Gasteiger partial charge in [0, 0.05) is 43.7 Å². The van der Waals surface area contributed by atoms with Crippen LogP contribution in [0.5, 0.6) is 5.75 Å². The van der Waals surface area contributed by atoms with Crippen molar-refractivity contribution in [1.29, 1.82) is 0 Å². The average Bonchev–Trinajstić information content (AvgIpc) is 3.23. The van der Waals surface area contributed by atoms with Gasteiger partial charge in [-0.05, 0) is 98.3 Å². The molecule has 0 aromatic heterocycles. The molecule has 2 aromatic carbocycles. The first kappa shape index (κ1) is 46.6. The normalized spacial score (nSPS) is 25.5. The lowest BCUT2D eigenvalue weighted by Crippen LogP contribution is -2.76. The largest absolute Gasteiger partial charge is 0.487 e. The molecule has 0 radical (unpaired) electrons. The second-order valence-corrected chi connectivity index (χ2v) is 17.1. The first-order chi connectivity index (χ1) is 29.7. The average molecular weight is 884 g/mol. The second-order valence-electron chi connectivity index (χ2n) is 16.8. The quantitative estimate of drug-likeness (QED) is 0.0493. The number of esters is 1. The number of amides is 5. The number of methoxy groups -OCH3 is 3. The molecule has 3 atom stereocenters. The fourth-order valence-electron chi connectivity index (χ4n) is 9.70. The lowest BCUT2D eigenvalue weighted by atomic mass is 9.47. The van der Waals surface area contributed by atoms with Gasteiger partial charge in [-0.3, -0.25) is 9.59 Å². The SMILES string of the molecule is COCCOC(=O)NC(C(=O)NC(CCCNC(N)=O)C(=O)Nc1ccc(COc2c(/C=C/C(=O)OC)ccc(C3(OC)OOC34C3CC5CC(C3)CC4C5)c2Cl)cc1)C(C)C. The van der Waals surface area contributed by atoms with Gasteiger partial charge < -0.3 is 50.7 Å². The molecule has 5 amide bonds. The molecule has 18 heteroatoms. The number of nitrogens with one attached hydrogen (secondary N) is 4. The van der Waals surface area contributed by atoms with Crippen LogP contribution in [0.1, 0.15) is 75.5 Å². The van der Waals surface area contributed by atoms with Crippen LogP contribution in [0.2, 0.25) is 5.02 Å². The number of hydrogen-bond donors (Lipinski definition) is 5. The minimum atomic E-state index is -1.26. The summed E-state index contributed by atoms with van der Waals surface area (Å²) in [5.41, 5.74) is 6.77. The molecule has 4 saturated carbocycles. The highest BCUT2D eigenvalue weighted by Crippen LogP contribution is 2.70. The summed E-state index contributed by atoms with van der Waals surface area (Å²) in [5, 5.41) is 10.9. The Morgan fingerprint density at radius 1 is 0.903 bits per heavy atom. The van der Waals surface area contributed by atoms with Gasteiger partial charge in [0.15, 0.2) is 5.60 Å². The van der Waals surface area contributed by atoms with Crippen LogP contribution in [0.3, 0.4) is 0 Å². The van der Waals surface area contributed by atoms with Crippen molar-refractivity contribution in [2.45, 2.75) is 88.9 Å². The Morgan fingerprint density at radius 3 is 2.18 bits per heavy atom. The Labute approximate surface area is 366 Å². The fraction of sp³-hybridized carbons (Fsp3) is 0.568. The van der Waals surface area contributed by atoms with E-state index >= 15 is 0 Å². The number of hydrogen-bond acceptors (Lipinski definition) is 12. The van der Waals surface area contributed by atoms with E-state index in [4.69, 9.17) is 50.8 Å². The topological polar surface area (TPSA) is 224 Å². The van der Waals surface area contributed by atoms with Crippen LogP contribution in [0, 0.1) is 29.6 Å². The maximum absolute atomic E-state index is 13.7. The molecule has 4 aliphatic carbocycles. The van der Waals surface area contributed by atoms with Gasteiger partial charge in [0.05, 0.1) is 18.7 Å². The lowest BCUT2D eigenvalue weighted by molar-refractivity contribution is -0.645. The van der Waals surface area contributed by atoms with Gasteiger partial charge in [-0.1, -0.05) is 49.7 Å². The highest BCUT2D eigenvalue weighted by atomic mass is 35.5. The van der Waals surface area contributed by atoms with Crippen LogP contribution in [0.15, 0.2) is 42.5 Å². The van der Waals surface area contributed by atoms with Crippen LogP contribution in [-0.4, -0.2) is 88.7 Å². The second kappa shape index (κ2) is 20.5. The first-order valence-corrected chi connectivity index (χ1v) is 21.4. The maximum Gasteiger partial charge on any atom is 0.407 e. The number of rotatable bonds is 20. The van der Waals surface area contributed by atoms with E-state index in [0.717, 1.165) is 31.2 Å². The molecule has 4 bridgehead atoms. The Balaban J connectivity index is 1.17. The summed E-state index contributed by atoms with van der Waals surface area (Å²) in [6.45, 7) is 3.89. The molecule has 1 spiro atoms. The van der Waals surface area contributed by atoms with Gasteiger partial charge in [-0.25, -0.2) is 19.3 Å². The Hall–Kier alpha value is -4.94. The van der Waals surface area contributed by atoms with Gasteiger partial charge in [0.25, 0.3) is 5.79 Å². The van der Waals surface area contributed by atoms with Gasteiger partial charge in [-0.15, -0.1) is 0 Å². The summed E-state index contributed by atoms with van der Waals surface area (Å²) in [6, 6.07) is 7.76. The zero-order valence-electron chi connectivity index (χ0n) is 35.8. The molecule has 7 rings (SSSR count). The van der Waals surface area contributed by atoms with Crippen LogP contribution < -0.4 is 31.7 Å². The molecule has 62 heavy (non-hydrogen) atoms. The molecule has 1 aliphatic heterocycles. The number of nitrogens with two attached hydrogens (primary N) is 1. The van der Waals surface area contributed by atoms with Crippen molar-refractivity contribution in [3.63, 3.8) is 0 Å². The number of urea groups is 1. The van der Waals surface area contributed by atoms with Crippen molar-refractivity contribution in [3.05, 3.63) is 64.2 Å². The van der Waals surface area contributed by atoms with Crippen molar-refractivity contribution in [1.82, 2.24) is 16.0 Å². The third-order valence-corrected chi connectivity index (χ3v) is 12.9. The van der Waals surface area contributed by atoms with Gasteiger partial charge in [0.2, 0.25) is 11.8 Å². The summed E-state index contributed by atoms with van der Waals surface area (Å²) in [5.74, 6) is -1.11. The summed E-state index contributed by atoms with van der Waals surface area (Å²) >= 11 is 7.27. The van der Waals surface area contributed by atoms with Crippen molar-refractivity contribution in [2.24, 2.45) is 35.3 Å². The standard InChI is InChI=1S/C44H58ClN5O12/c1-25(2)37(50-42(55)59-18-17-56-3)40(53)49-34(7-6-16-47-41(46)54)39(52)48-32-12-8-26(9-13-32)24-60-38-29(11-15-35(51)57-4)10-14-33(36(38)45)44(58-5)43(61-62-44)30-20-27-19-28(22-30)23-31(43)21-27/h8-15,25,27-28,30-31,34,37H,6-7,16-24H2,1-5H3,(H,48,52)(H,49,53)(H,50,55)(H3,46,47,54)/b15-11+. The van der Waals surface area contributed by atoms with Crippen LogP contribution in [0.4, 0.5) is 15.3 Å². The van der Waals surface area contributed by atoms with E-state index in [1.165, 1.54) is 26.7 Å². The van der Waals surface area contributed by atoms with E-state index in [0.29, 0.717) is 40.8 Å². The van der Waals surface area contributed by atoms with E-state index in [1.807, 2.05) is 6.07 Å². The van der Waals surface area contributed by atoms with E-state index in [-0.39, 0.29) is 55.6 Å². The zero-order chi connectivity index (χ0) is 44.6. The summed E-state index contributed by atoms with van der Waals surface area (Å²) < 4.78 is 27.5. The molecule has 17 nitrogen and oxygen atoms in total. The summed E-state index contributed by atoms with van der Waals surface area (Å²) in [4.78, 5) is 75.0. The van der Waals surface area contributed by atoms with Crippen LogP contribution in [0.25, 0.3) is 6.08 Å². The van der Waals surface area contributed by atoms with Crippen LogP contribution >= 0.6 is 11.6 Å². The molecule has 338 valence electrons. The minimum absolute atomic E-state index is 0.00390. The summed E-state index contributed by atoms with van der Waals surface area (Å²) in [6.07, 6.45) is 7.96. The van der Waals surface area contributed by atoms with Crippen molar-refractivity contribution in [2.75, 3.05) is 46.4 Å². The molecular formula is C44H58ClN5O12. The van der Waals surface area contributed by atoms with Gasteiger partial charge >= 0.3 is 18.1 Å². The lowest BCUT2D eigenvalue weighted by Gasteiger charge is -2.68. The molecule has 1 heterocycles. The molecule has 6 N–H and O–H groups in total. The number of anilines is 1. The first-order valence-electron chi connectivity index (χ1n) is 21.0. The van der Waals surface area contributed by atoms with E-state index in [1.54, 1.807) is 57.4 Å². The zero-order valence-corrected chi connectivity index (χ0v) is 36.5. The number of primary amides is 1. The molecule has 2 aromatic rings. The number of carbonyl (C=O) groups is 5. The van der Waals surface area contributed by atoms with E-state index in [2.05, 4.69) is 21.3 Å². The molecule has 1 saturated heterocycles. The molecular weight excluding hydrogens is 826 g/mol. The monoisotopic (exact) mass is 883 g/mol. The van der Waals surface area contributed by atoms with E-state index < -0.39 is 53.4 Å². The fourth-order valence-corrected chi connectivity index (χ4v) is 10.0. The number of halogens is 1. The highest BCUT2D eigenvalue weighted by Gasteiger charge is 2.77. The van der Waals surface area contributed by atoms with Crippen molar-refractivity contribution in [3.8, 4) is 5.75 Å². The highest BCUT2D eigenvalue weighted by molar-refractivity contribution is 6.33. The smallest absolute Gasteiger partial charge is 0.407 e. The van der Waals surface area contributed by atoms with Gasteiger partial charge in [-0.2, -0.15) is 4.89 Å². The molecule has 5 fully saturated rings. The Kier molecular flexibility index (Phi) is 15.4. The minimum Gasteiger partial charge on any atom is -0.487 e. The summed E-state index contributed by atoms with van der Waals surface area (Å²) in [7, 11) is 4.37. The van der Waals surface area contributed by atoms with Crippen LogP contribution in [-0.2, 0) is 55.5 Å². The van der Waals surface area contributed by atoms with Gasteiger partial charge in [0.1, 0.15) is 31.0 Å². The van der Waals surface area contributed by atoms with E-state index in [9.17, 15) is 24.0 Å². The maximum atomic E-state index is 13.7. The number of ether oxygens (including phenoxy) is 5. The molecule has 3 unspecified atom stereocenters. The Morgan fingerprint density at radius 2 is 1.60 bits per heavy atom. The van der Waals surface area contributed by atoms with Crippen molar-refractivity contribution < 1.29 is 57.4 Å². The predicted molar refractivity (Wildman–Crippen MR) is 226 cm³/mol. The number of alkyl carbamates (subject to hydrolysis) is 1.